The molecule has 0 amide bonds. The van der Waals surface area contributed by atoms with Crippen molar-refractivity contribution in [3.63, 3.8) is 0 Å². The molecule has 5 nitrogen and oxygen atoms in total. The van der Waals surface area contributed by atoms with Crippen LogP contribution in [0.1, 0.15) is 0 Å². The first-order chi connectivity index (χ1) is 4.61. The predicted octanol–water partition coefficient (Wildman–Crippen LogP) is -6.86. The number of H-pyrrole nitrogens is 2. The fourth-order valence-corrected chi connectivity index (χ4v) is 0.630. The molecule has 0 spiro atoms. The van der Waals surface area contributed by atoms with E-state index in [9.17, 15) is 9.59 Å². The molecule has 0 atom stereocenters. The van der Waals surface area contributed by atoms with E-state index in [-0.39, 0.29) is 63.9 Å². The Labute approximate surface area is 117 Å². The molecular formula is C4H5N3Na2O2S+2. The van der Waals surface area contributed by atoms with Gasteiger partial charge in [0.2, 0.25) is 0 Å². The Morgan fingerprint density at radius 2 is 1.75 bits per heavy atom. The van der Waals surface area contributed by atoms with Crippen LogP contribution in [0.2, 0.25) is 0 Å². The molecule has 12 heavy (non-hydrogen) atoms. The molecule has 0 unspecified atom stereocenters. The third-order valence-electron chi connectivity index (χ3n) is 1.00. The maximum Gasteiger partial charge on any atom is 1.00 e. The van der Waals surface area contributed by atoms with Crippen molar-refractivity contribution in [2.24, 2.45) is 7.05 Å². The first-order valence-corrected chi connectivity index (χ1v) is 2.92. The molecule has 8 heteroatoms. The Morgan fingerprint density at radius 3 is 2.17 bits per heavy atom. The predicted molar refractivity (Wildman–Crippen MR) is 37.5 cm³/mol. The van der Waals surface area contributed by atoms with Crippen LogP contribution < -0.4 is 70.2 Å². The number of aromatic nitrogens is 3. The molecule has 54 valence electrons. The summed E-state index contributed by atoms with van der Waals surface area (Å²) in [4.78, 5) is 23.2. The van der Waals surface area contributed by atoms with Gasteiger partial charge in [-0.2, -0.15) is 0 Å². The van der Waals surface area contributed by atoms with Crippen molar-refractivity contribution >= 4 is 12.2 Å². The van der Waals surface area contributed by atoms with Crippen molar-refractivity contribution in [3.05, 3.63) is 25.5 Å². The van der Waals surface area contributed by atoms with Crippen LogP contribution in [0.3, 0.4) is 0 Å². The molecule has 0 saturated carbocycles. The summed E-state index contributed by atoms with van der Waals surface area (Å²) in [6.07, 6.45) is 0. The van der Waals surface area contributed by atoms with Gasteiger partial charge in [0.15, 0.2) is 4.77 Å². The van der Waals surface area contributed by atoms with Gasteiger partial charge in [0.1, 0.15) is 0 Å². The second-order valence-electron chi connectivity index (χ2n) is 1.76. The van der Waals surface area contributed by atoms with Crippen molar-refractivity contribution < 1.29 is 59.1 Å². The Bertz CT molecular complexity index is 406. The Kier molecular flexibility index (Phi) is 8.05. The molecule has 0 fully saturated rings. The van der Waals surface area contributed by atoms with Crippen LogP contribution in [0.4, 0.5) is 0 Å². The van der Waals surface area contributed by atoms with E-state index in [1.165, 1.54) is 4.68 Å². The van der Waals surface area contributed by atoms with Gasteiger partial charge in [0, 0.05) is 7.05 Å². The van der Waals surface area contributed by atoms with E-state index in [0.29, 0.717) is 0 Å². The topological polar surface area (TPSA) is 70.7 Å². The summed E-state index contributed by atoms with van der Waals surface area (Å²) in [7, 11) is 1.54. The Hall–Kier alpha value is 0.830. The molecule has 1 rings (SSSR count). The first-order valence-electron chi connectivity index (χ1n) is 2.51. The fraction of sp³-hybridized carbons (Fsp3) is 0.250. The smallest absolute Gasteiger partial charge is 0.293 e. The number of hydrogen-bond acceptors (Lipinski definition) is 3. The standard InChI is InChI=1S/C4H5N3O2S.2Na/c1-7-4(10)5-2(8)3(9)6-7;;/h1H3,(H,6,9)(H,5,8,10);;/q;2*+1. The van der Waals surface area contributed by atoms with Gasteiger partial charge in [-0.3, -0.25) is 24.4 Å². The van der Waals surface area contributed by atoms with E-state index in [4.69, 9.17) is 0 Å². The van der Waals surface area contributed by atoms with Crippen LogP contribution >= 0.6 is 12.2 Å². The average molecular weight is 205 g/mol. The molecule has 0 bridgehead atoms. The normalized spacial score (nSPS) is 8.08. The Balaban J connectivity index is 0. The number of aryl methyl sites for hydroxylation is 1. The maximum absolute atomic E-state index is 10.5. The van der Waals surface area contributed by atoms with Crippen molar-refractivity contribution in [3.8, 4) is 0 Å². The third kappa shape index (κ3) is 3.69. The summed E-state index contributed by atoms with van der Waals surface area (Å²) in [5.74, 6) is 0. The van der Waals surface area contributed by atoms with Crippen LogP contribution in [0.5, 0.6) is 0 Å². The van der Waals surface area contributed by atoms with E-state index in [1.807, 2.05) is 0 Å². The van der Waals surface area contributed by atoms with Gasteiger partial charge in [-0.15, -0.1) is 0 Å². The molecule has 2 N–H and O–H groups in total. The van der Waals surface area contributed by atoms with Crippen LogP contribution in [0.25, 0.3) is 0 Å². The molecule has 0 aliphatic rings. The molecule has 1 aromatic rings. The molecule has 1 aromatic heterocycles. The SMILES string of the molecule is Cn1[nH]c(=O)c(=O)[nH]c1=S.[Na+].[Na+]. The summed E-state index contributed by atoms with van der Waals surface area (Å²) in [6.45, 7) is 0. The first kappa shape index (κ1) is 15.3. The summed E-state index contributed by atoms with van der Waals surface area (Å²) in [5.41, 5.74) is -1.42. The summed E-state index contributed by atoms with van der Waals surface area (Å²) >= 11 is 4.64. The van der Waals surface area contributed by atoms with Crippen molar-refractivity contribution in [1.29, 1.82) is 0 Å². The fourth-order valence-electron chi connectivity index (χ4n) is 0.492. The van der Waals surface area contributed by atoms with Gasteiger partial charge in [0.05, 0.1) is 0 Å². The van der Waals surface area contributed by atoms with E-state index < -0.39 is 11.1 Å². The maximum atomic E-state index is 10.5. The number of hydrogen-bond donors (Lipinski definition) is 2. The van der Waals surface area contributed by atoms with Crippen molar-refractivity contribution in [2.75, 3.05) is 0 Å². The minimum Gasteiger partial charge on any atom is -0.293 e. The molecule has 0 radical (unpaired) electrons. The number of rotatable bonds is 0. The van der Waals surface area contributed by atoms with Gasteiger partial charge in [-0.25, -0.2) is 0 Å². The third-order valence-corrected chi connectivity index (χ3v) is 1.38. The van der Waals surface area contributed by atoms with Gasteiger partial charge in [0.25, 0.3) is 0 Å². The summed E-state index contributed by atoms with van der Waals surface area (Å²) < 4.78 is 1.46. The minimum atomic E-state index is -0.719. The second kappa shape index (κ2) is 6.31. The zero-order valence-electron chi connectivity index (χ0n) is 7.17. The quantitative estimate of drug-likeness (QED) is 0.251. The molecule has 0 aromatic carbocycles. The van der Waals surface area contributed by atoms with Crippen molar-refractivity contribution in [2.45, 2.75) is 0 Å². The van der Waals surface area contributed by atoms with E-state index in [2.05, 4.69) is 22.3 Å². The molecule has 0 saturated heterocycles. The second-order valence-corrected chi connectivity index (χ2v) is 2.15. The number of nitrogens with zero attached hydrogens (tertiary/aromatic N) is 1. The van der Waals surface area contributed by atoms with Crippen LogP contribution in [0, 0.1) is 4.77 Å². The van der Waals surface area contributed by atoms with Crippen molar-refractivity contribution in [1.82, 2.24) is 14.8 Å². The molecule has 0 aliphatic carbocycles. The number of aromatic amines is 2. The van der Waals surface area contributed by atoms with E-state index in [0.717, 1.165) is 0 Å². The molecule has 1 heterocycles. The van der Waals surface area contributed by atoms with Crippen LogP contribution in [0.15, 0.2) is 9.59 Å². The summed E-state index contributed by atoms with van der Waals surface area (Å²) in [6, 6.07) is 0. The largest absolute Gasteiger partial charge is 1.00 e. The average Bonchev–Trinajstić information content (AvgIpc) is 1.84. The van der Waals surface area contributed by atoms with Gasteiger partial charge in [-0.1, -0.05) is 0 Å². The van der Waals surface area contributed by atoms with Gasteiger partial charge < -0.3 is 0 Å². The van der Waals surface area contributed by atoms with Gasteiger partial charge >= 0.3 is 70.2 Å². The monoisotopic (exact) mass is 205 g/mol. The number of nitrogens with one attached hydrogen (secondary N) is 2. The van der Waals surface area contributed by atoms with Crippen LogP contribution in [-0.2, 0) is 7.05 Å². The van der Waals surface area contributed by atoms with Crippen LogP contribution in [-0.4, -0.2) is 14.8 Å². The summed E-state index contributed by atoms with van der Waals surface area (Å²) in [5, 5.41) is 2.22. The van der Waals surface area contributed by atoms with E-state index in [1.54, 1.807) is 7.05 Å². The minimum absolute atomic E-state index is 0. The van der Waals surface area contributed by atoms with E-state index >= 15 is 0 Å². The Morgan fingerprint density at radius 1 is 1.25 bits per heavy atom. The zero-order valence-corrected chi connectivity index (χ0v) is 12.0. The zero-order chi connectivity index (χ0) is 7.72. The molecule has 0 aliphatic heterocycles. The van der Waals surface area contributed by atoms with Gasteiger partial charge in [-0.05, 0) is 12.2 Å². The molecular weight excluding hydrogens is 200 g/mol.